The second-order valence-corrected chi connectivity index (χ2v) is 5.18. The first kappa shape index (κ1) is 17.6. The molecule has 0 aliphatic carbocycles. The molecule has 0 aliphatic rings. The van der Waals surface area contributed by atoms with Crippen LogP contribution in [0.15, 0.2) is 42.6 Å². The Labute approximate surface area is 140 Å². The fourth-order valence-electron chi connectivity index (χ4n) is 2.18. The summed E-state index contributed by atoms with van der Waals surface area (Å²) >= 11 is 0. The smallest absolute Gasteiger partial charge is 0.313 e. The van der Waals surface area contributed by atoms with Crippen LogP contribution in [-0.2, 0) is 16.6 Å². The van der Waals surface area contributed by atoms with Gasteiger partial charge < -0.3 is 25.0 Å². The molecule has 0 saturated carbocycles. The molecule has 7 heteroatoms. The molecule has 24 heavy (non-hydrogen) atoms. The van der Waals surface area contributed by atoms with E-state index in [0.29, 0.717) is 23.7 Å². The standard InChI is InChI=1S/C17H21N3O4/c1-3-24-13-8-6-12(7-9-13)19-17(23)16(22)18-11-15(21)14-5-4-10-20(14)2/h4-10,15,21H,3,11H2,1-2H3,(H,18,22)(H,19,23). The Balaban J connectivity index is 1.83. The molecule has 0 spiro atoms. The number of aliphatic hydroxyl groups is 1. The van der Waals surface area contributed by atoms with E-state index in [9.17, 15) is 14.7 Å². The van der Waals surface area contributed by atoms with Crippen molar-refractivity contribution in [3.63, 3.8) is 0 Å². The van der Waals surface area contributed by atoms with Crippen LogP contribution in [0.1, 0.15) is 18.7 Å². The van der Waals surface area contributed by atoms with Crippen LogP contribution in [0.25, 0.3) is 0 Å². The molecule has 1 unspecified atom stereocenters. The average molecular weight is 331 g/mol. The maximum atomic E-state index is 11.8. The fraction of sp³-hybridized carbons (Fsp3) is 0.294. The van der Waals surface area contributed by atoms with Gasteiger partial charge in [0.25, 0.3) is 0 Å². The van der Waals surface area contributed by atoms with Crippen molar-refractivity contribution in [2.24, 2.45) is 7.05 Å². The SMILES string of the molecule is CCOc1ccc(NC(=O)C(=O)NCC(O)c2cccn2C)cc1. The summed E-state index contributed by atoms with van der Waals surface area (Å²) in [5.41, 5.74) is 1.14. The van der Waals surface area contributed by atoms with E-state index in [4.69, 9.17) is 4.74 Å². The first-order valence-corrected chi connectivity index (χ1v) is 7.62. The molecule has 0 saturated heterocycles. The largest absolute Gasteiger partial charge is 0.494 e. The van der Waals surface area contributed by atoms with Gasteiger partial charge in [0, 0.05) is 31.2 Å². The zero-order chi connectivity index (χ0) is 17.5. The lowest BCUT2D eigenvalue weighted by molar-refractivity contribution is -0.136. The number of carbonyl (C=O) groups is 2. The molecule has 1 atom stereocenters. The van der Waals surface area contributed by atoms with Crippen LogP contribution in [0.3, 0.4) is 0 Å². The number of aryl methyl sites for hydroxylation is 1. The summed E-state index contributed by atoms with van der Waals surface area (Å²) in [5, 5.41) is 14.9. The predicted molar refractivity (Wildman–Crippen MR) is 89.6 cm³/mol. The highest BCUT2D eigenvalue weighted by atomic mass is 16.5. The van der Waals surface area contributed by atoms with E-state index in [-0.39, 0.29) is 6.54 Å². The minimum absolute atomic E-state index is 0.0482. The minimum Gasteiger partial charge on any atom is -0.494 e. The molecule has 2 amide bonds. The highest BCUT2D eigenvalue weighted by Gasteiger charge is 2.17. The van der Waals surface area contributed by atoms with Crippen molar-refractivity contribution >= 4 is 17.5 Å². The Hall–Kier alpha value is -2.80. The number of anilines is 1. The molecule has 2 aromatic rings. The Morgan fingerprint density at radius 2 is 1.92 bits per heavy atom. The molecule has 7 nitrogen and oxygen atoms in total. The molecule has 2 rings (SSSR count). The summed E-state index contributed by atoms with van der Waals surface area (Å²) in [6, 6.07) is 10.2. The summed E-state index contributed by atoms with van der Waals surface area (Å²) in [6.45, 7) is 2.38. The van der Waals surface area contributed by atoms with Gasteiger partial charge in [-0.25, -0.2) is 0 Å². The van der Waals surface area contributed by atoms with Crippen LogP contribution in [0, 0.1) is 0 Å². The molecule has 1 heterocycles. The van der Waals surface area contributed by atoms with Crippen LogP contribution < -0.4 is 15.4 Å². The third-order valence-corrected chi connectivity index (χ3v) is 3.41. The van der Waals surface area contributed by atoms with Crippen molar-refractivity contribution in [2.75, 3.05) is 18.5 Å². The lowest BCUT2D eigenvalue weighted by Crippen LogP contribution is -2.37. The Bertz CT molecular complexity index is 694. The summed E-state index contributed by atoms with van der Waals surface area (Å²) in [4.78, 5) is 23.7. The lowest BCUT2D eigenvalue weighted by Gasteiger charge is -2.13. The number of aliphatic hydroxyl groups excluding tert-OH is 1. The number of aromatic nitrogens is 1. The minimum atomic E-state index is -0.882. The number of benzene rings is 1. The first-order valence-electron chi connectivity index (χ1n) is 7.62. The van der Waals surface area contributed by atoms with Crippen molar-refractivity contribution in [3.05, 3.63) is 48.3 Å². The monoisotopic (exact) mass is 331 g/mol. The molecule has 0 fully saturated rings. The van der Waals surface area contributed by atoms with Crippen molar-refractivity contribution in [1.29, 1.82) is 0 Å². The van der Waals surface area contributed by atoms with E-state index in [1.807, 2.05) is 6.92 Å². The van der Waals surface area contributed by atoms with Crippen molar-refractivity contribution in [2.45, 2.75) is 13.0 Å². The molecule has 1 aromatic heterocycles. The molecular weight excluding hydrogens is 310 g/mol. The zero-order valence-electron chi connectivity index (χ0n) is 13.7. The number of hydrogen-bond acceptors (Lipinski definition) is 4. The number of carbonyl (C=O) groups excluding carboxylic acids is 2. The maximum absolute atomic E-state index is 11.8. The number of amides is 2. The van der Waals surface area contributed by atoms with Gasteiger partial charge in [-0.2, -0.15) is 0 Å². The van der Waals surface area contributed by atoms with Gasteiger partial charge in [-0.15, -0.1) is 0 Å². The topological polar surface area (TPSA) is 92.6 Å². The Morgan fingerprint density at radius 1 is 1.21 bits per heavy atom. The van der Waals surface area contributed by atoms with Gasteiger partial charge in [0.2, 0.25) is 0 Å². The van der Waals surface area contributed by atoms with E-state index in [1.165, 1.54) is 0 Å². The first-order chi connectivity index (χ1) is 11.5. The van der Waals surface area contributed by atoms with Gasteiger partial charge in [-0.3, -0.25) is 9.59 Å². The van der Waals surface area contributed by atoms with E-state index in [0.717, 1.165) is 0 Å². The molecule has 1 aromatic carbocycles. The van der Waals surface area contributed by atoms with Gasteiger partial charge in [0.15, 0.2) is 0 Å². The van der Waals surface area contributed by atoms with Gasteiger partial charge in [-0.1, -0.05) is 0 Å². The molecule has 0 bridgehead atoms. The van der Waals surface area contributed by atoms with Gasteiger partial charge >= 0.3 is 11.8 Å². The van der Waals surface area contributed by atoms with Crippen molar-refractivity contribution in [3.8, 4) is 5.75 Å². The number of rotatable bonds is 6. The van der Waals surface area contributed by atoms with E-state index < -0.39 is 17.9 Å². The number of ether oxygens (including phenoxy) is 1. The van der Waals surface area contributed by atoms with Gasteiger partial charge in [0.1, 0.15) is 11.9 Å². The Kier molecular flexibility index (Phi) is 5.97. The molecule has 128 valence electrons. The average Bonchev–Trinajstić information content (AvgIpc) is 3.00. The van der Waals surface area contributed by atoms with Crippen LogP contribution in [0.2, 0.25) is 0 Å². The zero-order valence-corrected chi connectivity index (χ0v) is 13.7. The normalized spacial score (nSPS) is 11.6. The van der Waals surface area contributed by atoms with Crippen LogP contribution in [-0.4, -0.2) is 34.6 Å². The maximum Gasteiger partial charge on any atom is 0.313 e. The molecule has 3 N–H and O–H groups in total. The van der Waals surface area contributed by atoms with Crippen molar-refractivity contribution in [1.82, 2.24) is 9.88 Å². The summed E-state index contributed by atoms with van der Waals surface area (Å²) in [5.74, 6) is -0.916. The van der Waals surface area contributed by atoms with Gasteiger partial charge in [0.05, 0.1) is 6.61 Å². The number of hydrogen-bond donors (Lipinski definition) is 3. The summed E-state index contributed by atoms with van der Waals surface area (Å²) < 4.78 is 7.05. The van der Waals surface area contributed by atoms with E-state index in [2.05, 4.69) is 10.6 Å². The van der Waals surface area contributed by atoms with E-state index in [1.54, 1.807) is 54.2 Å². The quantitative estimate of drug-likeness (QED) is 0.694. The third-order valence-electron chi connectivity index (χ3n) is 3.41. The second kappa shape index (κ2) is 8.16. The third kappa shape index (κ3) is 4.60. The van der Waals surface area contributed by atoms with Crippen molar-refractivity contribution < 1.29 is 19.4 Å². The predicted octanol–water partition coefficient (Wildman–Crippen LogP) is 1.21. The molecule has 0 aliphatic heterocycles. The summed E-state index contributed by atoms with van der Waals surface area (Å²) in [7, 11) is 1.79. The van der Waals surface area contributed by atoms with Crippen LogP contribution >= 0.6 is 0 Å². The highest BCUT2D eigenvalue weighted by molar-refractivity contribution is 6.39. The highest BCUT2D eigenvalue weighted by Crippen LogP contribution is 2.15. The Morgan fingerprint density at radius 3 is 2.50 bits per heavy atom. The second-order valence-electron chi connectivity index (χ2n) is 5.18. The molecular formula is C17H21N3O4. The summed E-state index contributed by atoms with van der Waals surface area (Å²) in [6.07, 6.45) is 0.908. The van der Waals surface area contributed by atoms with E-state index >= 15 is 0 Å². The molecule has 0 radical (unpaired) electrons. The van der Waals surface area contributed by atoms with Gasteiger partial charge in [-0.05, 0) is 43.3 Å². The number of nitrogens with one attached hydrogen (secondary N) is 2. The van der Waals surface area contributed by atoms with Crippen LogP contribution in [0.4, 0.5) is 5.69 Å². The lowest BCUT2D eigenvalue weighted by atomic mass is 10.2. The fourth-order valence-corrected chi connectivity index (χ4v) is 2.18. The number of nitrogens with zero attached hydrogens (tertiary/aromatic N) is 1. The van der Waals surface area contributed by atoms with Crippen LogP contribution in [0.5, 0.6) is 5.75 Å².